The zero-order valence-corrected chi connectivity index (χ0v) is 15.6. The maximum absolute atomic E-state index is 12.1. The van der Waals surface area contributed by atoms with Crippen molar-refractivity contribution in [2.24, 2.45) is 0 Å². The van der Waals surface area contributed by atoms with E-state index in [1.807, 2.05) is 37.3 Å². The van der Waals surface area contributed by atoms with E-state index in [0.29, 0.717) is 25.8 Å². The molecule has 7 nitrogen and oxygen atoms in total. The Hall–Kier alpha value is -2.57. The summed E-state index contributed by atoms with van der Waals surface area (Å²) in [5.41, 5.74) is 0.904. The first-order chi connectivity index (χ1) is 12.4. The minimum absolute atomic E-state index is 0.197. The standard InChI is InChI=1S/C19H28N2O5/c1-4-14(2)26-18(23)17(21-15(3)22)11-8-12-20-19(24)25-13-16-9-6-5-7-10-16/h5-7,9-10,14,17H,4,8,11-13H2,1-3H3,(H,20,24)(H,21,22)/t14?,17-/m0/s1. The van der Waals surface area contributed by atoms with Gasteiger partial charge in [0.15, 0.2) is 0 Å². The average molecular weight is 364 g/mol. The van der Waals surface area contributed by atoms with Gasteiger partial charge in [-0.05, 0) is 31.7 Å². The van der Waals surface area contributed by atoms with Crippen molar-refractivity contribution in [2.75, 3.05) is 6.54 Å². The van der Waals surface area contributed by atoms with Crippen LogP contribution in [0.2, 0.25) is 0 Å². The van der Waals surface area contributed by atoms with Crippen molar-refractivity contribution in [1.29, 1.82) is 0 Å². The lowest BCUT2D eigenvalue weighted by Gasteiger charge is -2.19. The van der Waals surface area contributed by atoms with Crippen LogP contribution in [-0.2, 0) is 25.7 Å². The molecule has 0 aliphatic carbocycles. The summed E-state index contributed by atoms with van der Waals surface area (Å²) in [4.78, 5) is 35.0. The maximum atomic E-state index is 12.1. The SMILES string of the molecule is CCC(C)OC(=O)[C@H](CCCNC(=O)OCc1ccccc1)NC(C)=O. The third-order valence-electron chi connectivity index (χ3n) is 3.71. The molecule has 2 amide bonds. The number of carbonyl (C=O) groups is 3. The van der Waals surface area contributed by atoms with Gasteiger partial charge in [-0.25, -0.2) is 9.59 Å². The number of esters is 1. The number of carbonyl (C=O) groups excluding carboxylic acids is 3. The van der Waals surface area contributed by atoms with Crippen LogP contribution < -0.4 is 10.6 Å². The zero-order valence-electron chi connectivity index (χ0n) is 15.6. The molecule has 1 aromatic carbocycles. The molecule has 0 saturated carbocycles. The summed E-state index contributed by atoms with van der Waals surface area (Å²) in [6.07, 6.45) is 0.847. The van der Waals surface area contributed by atoms with Gasteiger partial charge in [-0.2, -0.15) is 0 Å². The highest BCUT2D eigenvalue weighted by Crippen LogP contribution is 2.05. The molecule has 0 aliphatic rings. The van der Waals surface area contributed by atoms with E-state index in [-0.39, 0.29) is 18.6 Å². The van der Waals surface area contributed by atoms with Gasteiger partial charge in [0.25, 0.3) is 0 Å². The Morgan fingerprint density at radius 1 is 1.15 bits per heavy atom. The van der Waals surface area contributed by atoms with E-state index in [1.165, 1.54) is 6.92 Å². The molecule has 0 fully saturated rings. The molecule has 0 aromatic heterocycles. The van der Waals surface area contributed by atoms with Gasteiger partial charge in [-0.1, -0.05) is 37.3 Å². The molecule has 26 heavy (non-hydrogen) atoms. The number of ether oxygens (including phenoxy) is 2. The molecule has 1 rings (SSSR count). The fourth-order valence-corrected chi connectivity index (χ4v) is 2.13. The minimum atomic E-state index is -0.719. The van der Waals surface area contributed by atoms with Crippen LogP contribution in [0.3, 0.4) is 0 Å². The summed E-state index contributed by atoms with van der Waals surface area (Å²) in [5.74, 6) is -0.757. The van der Waals surface area contributed by atoms with Crippen molar-refractivity contribution in [2.45, 2.75) is 58.8 Å². The Morgan fingerprint density at radius 3 is 2.46 bits per heavy atom. The van der Waals surface area contributed by atoms with E-state index >= 15 is 0 Å². The topological polar surface area (TPSA) is 93.7 Å². The summed E-state index contributed by atoms with van der Waals surface area (Å²) in [6.45, 7) is 5.59. The van der Waals surface area contributed by atoms with Crippen molar-refractivity contribution in [1.82, 2.24) is 10.6 Å². The second-order valence-corrected chi connectivity index (χ2v) is 6.04. The predicted octanol–water partition coefficient (Wildman–Crippen LogP) is 2.54. The smallest absolute Gasteiger partial charge is 0.407 e. The normalized spacial score (nSPS) is 12.6. The molecule has 2 N–H and O–H groups in total. The van der Waals surface area contributed by atoms with E-state index in [9.17, 15) is 14.4 Å². The Labute approximate surface area is 154 Å². The van der Waals surface area contributed by atoms with Crippen LogP contribution in [0.4, 0.5) is 4.79 Å². The van der Waals surface area contributed by atoms with Crippen LogP contribution >= 0.6 is 0 Å². The number of rotatable bonds is 10. The van der Waals surface area contributed by atoms with Crippen LogP contribution in [0, 0.1) is 0 Å². The second kappa shape index (κ2) is 11.9. The number of alkyl carbamates (subject to hydrolysis) is 1. The Kier molecular flexibility index (Phi) is 9.82. The minimum Gasteiger partial charge on any atom is -0.461 e. The first kappa shape index (κ1) is 21.5. The van der Waals surface area contributed by atoms with Crippen LogP contribution in [-0.4, -0.2) is 36.7 Å². The monoisotopic (exact) mass is 364 g/mol. The molecule has 0 aliphatic heterocycles. The summed E-state index contributed by atoms with van der Waals surface area (Å²) >= 11 is 0. The van der Waals surface area contributed by atoms with Crippen molar-refractivity contribution >= 4 is 18.0 Å². The summed E-state index contributed by atoms with van der Waals surface area (Å²) in [6, 6.07) is 8.65. The molecular formula is C19H28N2O5. The first-order valence-corrected chi connectivity index (χ1v) is 8.84. The number of hydrogen-bond acceptors (Lipinski definition) is 5. The van der Waals surface area contributed by atoms with Gasteiger partial charge >= 0.3 is 12.1 Å². The van der Waals surface area contributed by atoms with Gasteiger partial charge in [-0.3, -0.25) is 4.79 Å². The van der Waals surface area contributed by atoms with Gasteiger partial charge in [0.1, 0.15) is 12.6 Å². The predicted molar refractivity (Wildman–Crippen MR) is 97.3 cm³/mol. The molecule has 0 spiro atoms. The van der Waals surface area contributed by atoms with Gasteiger partial charge in [0.05, 0.1) is 6.10 Å². The van der Waals surface area contributed by atoms with E-state index in [0.717, 1.165) is 5.56 Å². The van der Waals surface area contributed by atoms with Crippen molar-refractivity contribution in [3.8, 4) is 0 Å². The van der Waals surface area contributed by atoms with Gasteiger partial charge in [0, 0.05) is 13.5 Å². The highest BCUT2D eigenvalue weighted by atomic mass is 16.5. The third kappa shape index (κ3) is 9.05. The van der Waals surface area contributed by atoms with E-state index in [1.54, 1.807) is 6.92 Å². The van der Waals surface area contributed by atoms with Crippen molar-refractivity contribution < 1.29 is 23.9 Å². The highest BCUT2D eigenvalue weighted by molar-refractivity contribution is 5.83. The Bertz CT molecular complexity index is 577. The largest absolute Gasteiger partial charge is 0.461 e. The molecule has 0 bridgehead atoms. The van der Waals surface area contributed by atoms with Crippen LogP contribution in [0.1, 0.15) is 45.6 Å². The molecule has 0 radical (unpaired) electrons. The molecule has 1 unspecified atom stereocenters. The fraction of sp³-hybridized carbons (Fsp3) is 0.526. The third-order valence-corrected chi connectivity index (χ3v) is 3.71. The number of amides is 2. The van der Waals surface area contributed by atoms with Crippen molar-refractivity contribution in [3.05, 3.63) is 35.9 Å². The molecule has 7 heteroatoms. The lowest BCUT2D eigenvalue weighted by Crippen LogP contribution is -2.42. The highest BCUT2D eigenvalue weighted by Gasteiger charge is 2.22. The van der Waals surface area contributed by atoms with Crippen molar-refractivity contribution in [3.63, 3.8) is 0 Å². The number of benzene rings is 1. The van der Waals surface area contributed by atoms with Gasteiger partial charge in [-0.15, -0.1) is 0 Å². The Morgan fingerprint density at radius 2 is 1.85 bits per heavy atom. The zero-order chi connectivity index (χ0) is 19.4. The quantitative estimate of drug-likeness (QED) is 0.491. The molecule has 2 atom stereocenters. The summed E-state index contributed by atoms with van der Waals surface area (Å²) in [5, 5.41) is 5.21. The second-order valence-electron chi connectivity index (χ2n) is 6.04. The number of nitrogens with one attached hydrogen (secondary N) is 2. The molecular weight excluding hydrogens is 336 g/mol. The molecule has 1 aromatic rings. The lowest BCUT2D eigenvalue weighted by molar-refractivity contribution is -0.152. The lowest BCUT2D eigenvalue weighted by atomic mass is 10.1. The molecule has 144 valence electrons. The molecule has 0 saturated heterocycles. The van der Waals surface area contributed by atoms with Crippen LogP contribution in [0.15, 0.2) is 30.3 Å². The van der Waals surface area contributed by atoms with Crippen LogP contribution in [0.25, 0.3) is 0 Å². The fourth-order valence-electron chi connectivity index (χ4n) is 2.13. The Balaban J connectivity index is 2.31. The van der Waals surface area contributed by atoms with Gasteiger partial charge < -0.3 is 20.1 Å². The van der Waals surface area contributed by atoms with Gasteiger partial charge in [0.2, 0.25) is 5.91 Å². The van der Waals surface area contributed by atoms with E-state index in [2.05, 4.69) is 10.6 Å². The average Bonchev–Trinajstić information content (AvgIpc) is 2.62. The first-order valence-electron chi connectivity index (χ1n) is 8.84. The van der Waals surface area contributed by atoms with E-state index in [4.69, 9.17) is 9.47 Å². The summed E-state index contributed by atoms with van der Waals surface area (Å²) in [7, 11) is 0. The maximum Gasteiger partial charge on any atom is 0.407 e. The van der Waals surface area contributed by atoms with E-state index < -0.39 is 18.1 Å². The number of hydrogen-bond donors (Lipinski definition) is 2. The summed E-state index contributed by atoms with van der Waals surface area (Å²) < 4.78 is 10.4. The molecule has 0 heterocycles. The van der Waals surface area contributed by atoms with Crippen LogP contribution in [0.5, 0.6) is 0 Å².